The minimum Gasteiger partial charge on any atom is -0.355 e. The van der Waals surface area contributed by atoms with Gasteiger partial charge in [0.2, 0.25) is 15.9 Å². The summed E-state index contributed by atoms with van der Waals surface area (Å²) in [5.74, 6) is -0.714. The molecule has 8 heteroatoms. The van der Waals surface area contributed by atoms with Crippen LogP contribution >= 0.6 is 0 Å². The maximum absolute atomic E-state index is 12.0. The Bertz CT molecular complexity index is 626. The largest absolute Gasteiger partial charge is 0.355 e. The third kappa shape index (κ3) is 4.81. The Morgan fingerprint density at radius 2 is 1.68 bits per heavy atom. The summed E-state index contributed by atoms with van der Waals surface area (Å²) in [5, 5.41) is 5.15. The van der Waals surface area contributed by atoms with Crippen molar-refractivity contribution in [2.24, 2.45) is 0 Å². The number of nitrogens with one attached hydrogen (secondary N) is 3. The van der Waals surface area contributed by atoms with Gasteiger partial charge in [0, 0.05) is 18.7 Å². The Balaban J connectivity index is 2.78. The van der Waals surface area contributed by atoms with Crippen molar-refractivity contribution in [2.75, 3.05) is 13.1 Å². The molecule has 0 aliphatic rings. The number of carbonyl (C=O) groups excluding carboxylic acids is 2. The van der Waals surface area contributed by atoms with Gasteiger partial charge in [0.25, 0.3) is 5.91 Å². The molecule has 22 heavy (non-hydrogen) atoms. The molecule has 0 saturated heterocycles. The average Bonchev–Trinajstić information content (AvgIpc) is 2.47. The van der Waals surface area contributed by atoms with Crippen molar-refractivity contribution in [1.29, 1.82) is 0 Å². The summed E-state index contributed by atoms with van der Waals surface area (Å²) < 4.78 is 25.9. The fraction of sp³-hybridized carbons (Fsp3) is 0.429. The van der Waals surface area contributed by atoms with Crippen molar-refractivity contribution in [3.8, 4) is 0 Å². The van der Waals surface area contributed by atoms with E-state index >= 15 is 0 Å². The van der Waals surface area contributed by atoms with Gasteiger partial charge < -0.3 is 10.6 Å². The first-order valence-electron chi connectivity index (χ1n) is 7.00. The summed E-state index contributed by atoms with van der Waals surface area (Å²) in [4.78, 5) is 23.6. The van der Waals surface area contributed by atoms with Crippen LogP contribution in [-0.2, 0) is 14.8 Å². The minimum atomic E-state index is -3.54. The van der Waals surface area contributed by atoms with E-state index in [1.807, 2.05) is 0 Å². The van der Waals surface area contributed by atoms with Crippen LogP contribution in [0.25, 0.3) is 0 Å². The number of amides is 2. The molecule has 1 rings (SSSR count). The highest BCUT2D eigenvalue weighted by Crippen LogP contribution is 2.10. The Labute approximate surface area is 130 Å². The maximum atomic E-state index is 12.0. The zero-order valence-corrected chi connectivity index (χ0v) is 13.7. The molecule has 0 heterocycles. The molecular weight excluding hydrogens is 306 g/mol. The first kappa shape index (κ1) is 18.1. The zero-order chi connectivity index (χ0) is 16.8. The van der Waals surface area contributed by atoms with Crippen LogP contribution in [0.2, 0.25) is 0 Å². The van der Waals surface area contributed by atoms with Crippen molar-refractivity contribution in [2.45, 2.75) is 31.7 Å². The molecule has 7 nitrogen and oxygen atoms in total. The van der Waals surface area contributed by atoms with Gasteiger partial charge in [0.15, 0.2) is 0 Å². The van der Waals surface area contributed by atoms with E-state index < -0.39 is 22.0 Å². The summed E-state index contributed by atoms with van der Waals surface area (Å²) in [5.41, 5.74) is 0.284. The van der Waals surface area contributed by atoms with E-state index in [2.05, 4.69) is 15.4 Å². The molecule has 1 aromatic rings. The van der Waals surface area contributed by atoms with E-state index in [-0.39, 0.29) is 22.9 Å². The van der Waals surface area contributed by atoms with Crippen molar-refractivity contribution in [3.05, 3.63) is 29.8 Å². The predicted molar refractivity (Wildman–Crippen MR) is 82.9 cm³/mol. The highest BCUT2D eigenvalue weighted by Gasteiger charge is 2.17. The van der Waals surface area contributed by atoms with Crippen LogP contribution in [0.15, 0.2) is 29.2 Å². The summed E-state index contributed by atoms with van der Waals surface area (Å²) in [6.07, 6.45) is 0. The van der Waals surface area contributed by atoms with Crippen molar-refractivity contribution >= 4 is 21.8 Å². The second kappa shape index (κ2) is 7.90. The van der Waals surface area contributed by atoms with Crippen LogP contribution in [0.4, 0.5) is 0 Å². The van der Waals surface area contributed by atoms with E-state index in [9.17, 15) is 18.0 Å². The first-order chi connectivity index (χ1) is 10.3. The third-order valence-corrected chi connectivity index (χ3v) is 4.41. The normalized spacial score (nSPS) is 12.5. The Morgan fingerprint density at radius 3 is 2.18 bits per heavy atom. The van der Waals surface area contributed by atoms with Gasteiger partial charge in [-0.1, -0.05) is 6.92 Å². The fourth-order valence-electron chi connectivity index (χ4n) is 1.73. The van der Waals surface area contributed by atoms with Crippen LogP contribution in [0.3, 0.4) is 0 Å². The Morgan fingerprint density at radius 1 is 1.09 bits per heavy atom. The molecule has 0 aliphatic heterocycles. The SMILES string of the molecule is CCNC(=O)[C@H](C)NC(=O)c1ccc(S(=O)(=O)NCC)cc1. The lowest BCUT2D eigenvalue weighted by atomic mass is 10.2. The number of hydrogen-bond acceptors (Lipinski definition) is 4. The second-order valence-corrected chi connectivity index (χ2v) is 6.38. The average molecular weight is 327 g/mol. The van der Waals surface area contributed by atoms with Gasteiger partial charge in [-0.25, -0.2) is 13.1 Å². The molecular formula is C14H21N3O4S. The first-order valence-corrected chi connectivity index (χ1v) is 8.48. The maximum Gasteiger partial charge on any atom is 0.251 e. The van der Waals surface area contributed by atoms with Crippen LogP contribution in [0.1, 0.15) is 31.1 Å². The lowest BCUT2D eigenvalue weighted by Crippen LogP contribution is -2.44. The lowest BCUT2D eigenvalue weighted by molar-refractivity contribution is -0.122. The molecule has 0 aliphatic carbocycles. The third-order valence-electron chi connectivity index (χ3n) is 2.85. The Hall–Kier alpha value is -1.93. The van der Waals surface area contributed by atoms with Gasteiger partial charge >= 0.3 is 0 Å². The van der Waals surface area contributed by atoms with Crippen LogP contribution in [0.5, 0.6) is 0 Å². The predicted octanol–water partition coefficient (Wildman–Crippen LogP) is 0.239. The van der Waals surface area contributed by atoms with E-state index in [4.69, 9.17) is 0 Å². The molecule has 0 aromatic heterocycles. The summed E-state index contributed by atoms with van der Waals surface area (Å²) in [6.45, 7) is 5.82. The van der Waals surface area contributed by atoms with Crippen LogP contribution < -0.4 is 15.4 Å². The van der Waals surface area contributed by atoms with Crippen LogP contribution in [0, 0.1) is 0 Å². The molecule has 122 valence electrons. The van der Waals surface area contributed by atoms with Crippen molar-refractivity contribution in [3.63, 3.8) is 0 Å². The molecule has 0 bridgehead atoms. The summed E-state index contributed by atoms with van der Waals surface area (Å²) in [7, 11) is -3.54. The molecule has 1 atom stereocenters. The molecule has 0 unspecified atom stereocenters. The van der Waals surface area contributed by atoms with Crippen molar-refractivity contribution in [1.82, 2.24) is 15.4 Å². The van der Waals surface area contributed by atoms with Gasteiger partial charge in [-0.05, 0) is 38.1 Å². The summed E-state index contributed by atoms with van der Waals surface area (Å²) >= 11 is 0. The van der Waals surface area contributed by atoms with Gasteiger partial charge in [-0.2, -0.15) is 0 Å². The van der Waals surface area contributed by atoms with E-state index in [1.54, 1.807) is 20.8 Å². The topological polar surface area (TPSA) is 104 Å². The second-order valence-electron chi connectivity index (χ2n) is 4.62. The fourth-order valence-corrected chi connectivity index (χ4v) is 2.77. The van der Waals surface area contributed by atoms with E-state index in [0.717, 1.165) is 0 Å². The van der Waals surface area contributed by atoms with Crippen LogP contribution in [-0.4, -0.2) is 39.4 Å². The molecule has 3 N–H and O–H groups in total. The number of rotatable bonds is 7. The van der Waals surface area contributed by atoms with Gasteiger partial charge in [0.1, 0.15) is 6.04 Å². The number of sulfonamides is 1. The number of likely N-dealkylation sites (N-methyl/N-ethyl adjacent to an activating group) is 1. The van der Waals surface area contributed by atoms with Gasteiger partial charge in [-0.15, -0.1) is 0 Å². The molecule has 1 aromatic carbocycles. The lowest BCUT2D eigenvalue weighted by Gasteiger charge is -2.13. The van der Waals surface area contributed by atoms with Gasteiger partial charge in [-0.3, -0.25) is 9.59 Å². The molecule has 0 radical (unpaired) electrons. The van der Waals surface area contributed by atoms with E-state index in [1.165, 1.54) is 24.3 Å². The highest BCUT2D eigenvalue weighted by molar-refractivity contribution is 7.89. The zero-order valence-electron chi connectivity index (χ0n) is 12.8. The molecule has 0 spiro atoms. The molecule has 2 amide bonds. The number of hydrogen-bond donors (Lipinski definition) is 3. The quantitative estimate of drug-likeness (QED) is 0.667. The van der Waals surface area contributed by atoms with Gasteiger partial charge in [0.05, 0.1) is 4.90 Å². The van der Waals surface area contributed by atoms with Crippen molar-refractivity contribution < 1.29 is 18.0 Å². The highest BCUT2D eigenvalue weighted by atomic mass is 32.2. The monoisotopic (exact) mass is 327 g/mol. The molecule has 0 fully saturated rings. The minimum absolute atomic E-state index is 0.0858. The number of carbonyl (C=O) groups is 2. The van der Waals surface area contributed by atoms with E-state index in [0.29, 0.717) is 6.54 Å². The Kier molecular flexibility index (Phi) is 6.51. The number of benzene rings is 1. The standard InChI is InChI=1S/C14H21N3O4S/c1-4-15-13(18)10(3)17-14(19)11-6-8-12(9-7-11)22(20,21)16-5-2/h6-10,16H,4-5H2,1-3H3,(H,15,18)(H,17,19)/t10-/m0/s1. The smallest absolute Gasteiger partial charge is 0.251 e. The molecule has 0 saturated carbocycles. The summed E-state index contributed by atoms with van der Waals surface area (Å²) in [6, 6.07) is 4.85.